The maximum absolute atomic E-state index is 12.1. The van der Waals surface area contributed by atoms with Crippen LogP contribution in [0.5, 0.6) is 0 Å². The molecule has 1 atom stereocenters. The van der Waals surface area contributed by atoms with E-state index >= 15 is 0 Å². The van der Waals surface area contributed by atoms with Crippen LogP contribution in [0.2, 0.25) is 0 Å². The Morgan fingerprint density at radius 3 is 0.975 bits per heavy atom. The largest absolute Gasteiger partial charge is 0.472 e. The van der Waals surface area contributed by atoms with Crippen molar-refractivity contribution in [2.75, 3.05) is 32.8 Å². The summed E-state index contributed by atoms with van der Waals surface area (Å²) in [7, 11) is -3.88. The number of rotatable bonds is 34. The third kappa shape index (κ3) is 31.0. The Bertz CT molecular complexity index is 516. The number of phosphoric ester groups is 1. The zero-order chi connectivity index (χ0) is 29.4. The van der Waals surface area contributed by atoms with Crippen molar-refractivity contribution in [1.82, 2.24) is 4.90 Å². The molecule has 5 nitrogen and oxygen atoms in total. The molecular weight excluding hydrogens is 517 g/mol. The molecule has 0 saturated carbocycles. The monoisotopic (exact) mass is 590 g/mol. The predicted molar refractivity (Wildman–Crippen MR) is 175 cm³/mol. The average Bonchev–Trinajstić information content (AvgIpc) is 2.94. The third-order valence-corrected chi connectivity index (χ3v) is 9.05. The van der Waals surface area contributed by atoms with Gasteiger partial charge in [-0.15, -0.1) is 0 Å². The molecule has 0 aliphatic rings. The number of hydrogen-bond acceptors (Lipinski definition) is 4. The second-order valence-electron chi connectivity index (χ2n) is 12.1. The van der Waals surface area contributed by atoms with Crippen LogP contribution < -0.4 is 0 Å². The Morgan fingerprint density at radius 2 is 0.675 bits per heavy atom. The molecule has 0 radical (unpaired) electrons. The molecule has 242 valence electrons. The van der Waals surface area contributed by atoms with E-state index in [0.717, 1.165) is 25.7 Å². The van der Waals surface area contributed by atoms with Crippen molar-refractivity contribution < 1.29 is 18.5 Å². The van der Waals surface area contributed by atoms with Gasteiger partial charge in [-0.2, -0.15) is 0 Å². The summed E-state index contributed by atoms with van der Waals surface area (Å²) in [6, 6.07) is 0. The van der Waals surface area contributed by atoms with Crippen LogP contribution in [0.3, 0.4) is 0 Å². The summed E-state index contributed by atoms with van der Waals surface area (Å²) in [4.78, 5) is 12.6. The third-order valence-electron chi connectivity index (χ3n) is 8.03. The lowest BCUT2D eigenvalue weighted by molar-refractivity contribution is 0.145. The summed E-state index contributed by atoms with van der Waals surface area (Å²) >= 11 is 0. The van der Waals surface area contributed by atoms with Crippen LogP contribution in [-0.2, 0) is 13.6 Å². The number of hydrogen-bond donors (Lipinski definition) is 1. The molecule has 1 N–H and O–H groups in total. The second kappa shape index (κ2) is 32.0. The maximum Gasteiger partial charge on any atom is 0.472 e. The molecule has 0 aromatic rings. The van der Waals surface area contributed by atoms with E-state index in [4.69, 9.17) is 9.05 Å². The van der Waals surface area contributed by atoms with Gasteiger partial charge in [-0.3, -0.25) is 9.05 Å². The van der Waals surface area contributed by atoms with E-state index in [1.54, 1.807) is 0 Å². The van der Waals surface area contributed by atoms with Gasteiger partial charge in [0.1, 0.15) is 0 Å². The SMILES string of the molecule is CCCCCCCCCOP(=O)(O)OCCCCCCCN(CCCCCCCCC)CCCCCCCCC. The summed E-state index contributed by atoms with van der Waals surface area (Å²) < 4.78 is 22.4. The Morgan fingerprint density at radius 1 is 0.425 bits per heavy atom. The first kappa shape index (κ1) is 40.1. The van der Waals surface area contributed by atoms with Gasteiger partial charge >= 0.3 is 7.82 Å². The Kier molecular flexibility index (Phi) is 32.0. The molecule has 0 aromatic carbocycles. The highest BCUT2D eigenvalue weighted by Gasteiger charge is 2.19. The summed E-state index contributed by atoms with van der Waals surface area (Å²) in [6.07, 6.45) is 33.0. The Balaban J connectivity index is 3.90. The lowest BCUT2D eigenvalue weighted by Gasteiger charge is -2.22. The van der Waals surface area contributed by atoms with Gasteiger partial charge in [-0.1, -0.05) is 156 Å². The summed E-state index contributed by atoms with van der Waals surface area (Å²) in [5.41, 5.74) is 0. The average molecular weight is 590 g/mol. The lowest BCUT2D eigenvalue weighted by atomic mass is 10.1. The van der Waals surface area contributed by atoms with Crippen LogP contribution in [0.1, 0.15) is 188 Å². The van der Waals surface area contributed by atoms with Gasteiger partial charge in [0.2, 0.25) is 0 Å². The first-order chi connectivity index (χ1) is 19.6. The highest BCUT2D eigenvalue weighted by molar-refractivity contribution is 7.47. The van der Waals surface area contributed by atoms with Gasteiger partial charge < -0.3 is 9.79 Å². The van der Waals surface area contributed by atoms with E-state index in [1.807, 2.05) is 0 Å². The van der Waals surface area contributed by atoms with Crippen molar-refractivity contribution in [3.8, 4) is 0 Å². The molecule has 0 amide bonds. The van der Waals surface area contributed by atoms with Crippen molar-refractivity contribution in [1.29, 1.82) is 0 Å². The molecule has 0 aliphatic carbocycles. The molecular formula is C34H72NO4P. The van der Waals surface area contributed by atoms with Crippen molar-refractivity contribution in [3.05, 3.63) is 0 Å². The quantitative estimate of drug-likeness (QED) is 0.0597. The number of unbranched alkanes of at least 4 members (excludes halogenated alkanes) is 22. The first-order valence-electron chi connectivity index (χ1n) is 17.9. The highest BCUT2D eigenvalue weighted by atomic mass is 31.2. The van der Waals surface area contributed by atoms with E-state index in [-0.39, 0.29) is 0 Å². The molecule has 0 aliphatic heterocycles. The van der Waals surface area contributed by atoms with Crippen molar-refractivity contribution in [2.24, 2.45) is 0 Å². The molecule has 1 unspecified atom stereocenters. The van der Waals surface area contributed by atoms with Crippen molar-refractivity contribution in [3.63, 3.8) is 0 Å². The van der Waals surface area contributed by atoms with Crippen molar-refractivity contribution in [2.45, 2.75) is 188 Å². The topological polar surface area (TPSA) is 59.0 Å². The maximum atomic E-state index is 12.1. The predicted octanol–water partition coefficient (Wildman–Crippen LogP) is 11.6. The minimum absolute atomic E-state index is 0.313. The summed E-state index contributed by atoms with van der Waals surface area (Å²) in [5, 5.41) is 0. The van der Waals surface area contributed by atoms with Gasteiger partial charge in [0.05, 0.1) is 13.2 Å². The van der Waals surface area contributed by atoms with Crippen LogP contribution in [-0.4, -0.2) is 42.6 Å². The van der Waals surface area contributed by atoms with Gasteiger partial charge in [0.15, 0.2) is 0 Å². The highest BCUT2D eigenvalue weighted by Crippen LogP contribution is 2.43. The smallest absolute Gasteiger partial charge is 0.303 e. The van der Waals surface area contributed by atoms with E-state index in [0.29, 0.717) is 13.2 Å². The molecule has 0 bridgehead atoms. The van der Waals surface area contributed by atoms with E-state index in [9.17, 15) is 9.46 Å². The molecule has 0 spiro atoms. The molecule has 0 rings (SSSR count). The van der Waals surface area contributed by atoms with E-state index in [1.165, 1.54) is 161 Å². The van der Waals surface area contributed by atoms with Gasteiger partial charge in [-0.05, 0) is 51.7 Å². The minimum Gasteiger partial charge on any atom is -0.303 e. The summed E-state index contributed by atoms with van der Waals surface area (Å²) in [5.74, 6) is 0. The minimum atomic E-state index is -3.88. The second-order valence-corrected chi connectivity index (χ2v) is 13.6. The molecule has 6 heteroatoms. The normalized spacial score (nSPS) is 13.3. The standard InChI is InChI=1S/C34H72NO4P/c1-4-7-10-13-16-20-25-30-35(31-26-21-17-14-11-8-5-2)32-27-22-19-24-29-34-39-40(36,37)38-33-28-23-18-15-12-9-6-3/h4-34H2,1-3H3,(H,36,37). The fourth-order valence-electron chi connectivity index (χ4n) is 5.34. The van der Waals surface area contributed by atoms with Gasteiger partial charge in [0, 0.05) is 0 Å². The fraction of sp³-hybridized carbons (Fsp3) is 1.00. The molecule has 0 aromatic heterocycles. The zero-order valence-electron chi connectivity index (χ0n) is 27.5. The van der Waals surface area contributed by atoms with Crippen LogP contribution in [0.4, 0.5) is 0 Å². The lowest BCUT2D eigenvalue weighted by Crippen LogP contribution is -2.27. The van der Waals surface area contributed by atoms with E-state index in [2.05, 4.69) is 25.7 Å². The van der Waals surface area contributed by atoms with Crippen LogP contribution in [0.15, 0.2) is 0 Å². The number of nitrogens with zero attached hydrogens (tertiary/aromatic N) is 1. The zero-order valence-corrected chi connectivity index (χ0v) is 28.4. The van der Waals surface area contributed by atoms with Gasteiger partial charge in [-0.25, -0.2) is 4.57 Å². The van der Waals surface area contributed by atoms with Crippen molar-refractivity contribution >= 4 is 7.82 Å². The Hall–Kier alpha value is 0.0700. The fourth-order valence-corrected chi connectivity index (χ4v) is 6.14. The molecule has 40 heavy (non-hydrogen) atoms. The van der Waals surface area contributed by atoms with Crippen LogP contribution in [0.25, 0.3) is 0 Å². The van der Waals surface area contributed by atoms with Crippen LogP contribution >= 0.6 is 7.82 Å². The van der Waals surface area contributed by atoms with Gasteiger partial charge in [0.25, 0.3) is 0 Å². The van der Waals surface area contributed by atoms with Crippen LogP contribution in [0, 0.1) is 0 Å². The molecule has 0 fully saturated rings. The Labute approximate surface area is 251 Å². The first-order valence-corrected chi connectivity index (χ1v) is 19.4. The summed E-state index contributed by atoms with van der Waals surface area (Å²) in [6.45, 7) is 11.2. The molecule has 0 heterocycles. The number of phosphoric acid groups is 1. The van der Waals surface area contributed by atoms with E-state index < -0.39 is 7.82 Å². The molecule has 0 saturated heterocycles.